The Labute approximate surface area is 180 Å². The van der Waals surface area contributed by atoms with E-state index in [9.17, 15) is 9.59 Å². The first kappa shape index (κ1) is 20.6. The molecule has 0 bridgehead atoms. The van der Waals surface area contributed by atoms with Gasteiger partial charge >= 0.3 is 0 Å². The van der Waals surface area contributed by atoms with Gasteiger partial charge in [-0.15, -0.1) is 11.3 Å². The summed E-state index contributed by atoms with van der Waals surface area (Å²) in [6.45, 7) is 3.91. The molecule has 1 aliphatic rings. The number of anilines is 1. The van der Waals surface area contributed by atoms with E-state index in [1.807, 2.05) is 60.3 Å². The van der Waals surface area contributed by atoms with Crippen LogP contribution in [0.4, 0.5) is 5.69 Å². The first-order valence-electron chi connectivity index (χ1n) is 10.6. The lowest BCUT2D eigenvalue weighted by molar-refractivity contribution is -0.130. The van der Waals surface area contributed by atoms with E-state index in [4.69, 9.17) is 0 Å². The number of amides is 2. The van der Waals surface area contributed by atoms with Crippen LogP contribution in [0.3, 0.4) is 0 Å². The lowest BCUT2D eigenvalue weighted by atomic mass is 9.88. The third-order valence-corrected chi connectivity index (χ3v) is 6.54. The van der Waals surface area contributed by atoms with Crippen molar-refractivity contribution in [2.45, 2.75) is 52.0 Å². The fraction of sp³-hybridized carbons (Fsp3) is 0.435. The van der Waals surface area contributed by atoms with Crippen LogP contribution >= 0.6 is 11.3 Å². The molecule has 1 atom stereocenters. The molecule has 1 saturated carbocycles. The summed E-state index contributed by atoms with van der Waals surface area (Å²) in [5.74, 6) is -0.116. The van der Waals surface area contributed by atoms with Crippen molar-refractivity contribution in [3.63, 3.8) is 0 Å². The molecule has 0 spiro atoms. The van der Waals surface area contributed by atoms with Crippen LogP contribution in [0.2, 0.25) is 0 Å². The van der Waals surface area contributed by atoms with E-state index in [-0.39, 0.29) is 23.7 Å². The molecule has 0 unspecified atom stereocenters. The first-order valence-corrected chi connectivity index (χ1v) is 11.5. The van der Waals surface area contributed by atoms with Crippen molar-refractivity contribution in [3.05, 3.63) is 42.0 Å². The zero-order chi connectivity index (χ0) is 21.1. The lowest BCUT2D eigenvalue weighted by Crippen LogP contribution is -2.49. The van der Waals surface area contributed by atoms with Gasteiger partial charge in [-0.25, -0.2) is 4.98 Å². The second kappa shape index (κ2) is 9.00. The number of hydrogen-bond donors (Lipinski definition) is 2. The maximum absolute atomic E-state index is 12.9. The first-order chi connectivity index (χ1) is 14.5. The third-order valence-electron chi connectivity index (χ3n) is 5.76. The highest BCUT2D eigenvalue weighted by Crippen LogP contribution is 2.25. The van der Waals surface area contributed by atoms with Crippen molar-refractivity contribution in [1.29, 1.82) is 0 Å². The van der Waals surface area contributed by atoms with Gasteiger partial charge in [0.15, 0.2) is 4.96 Å². The smallest absolute Gasteiger partial charge is 0.247 e. The molecule has 2 amide bonds. The number of thiazole rings is 1. The van der Waals surface area contributed by atoms with E-state index in [1.165, 1.54) is 6.42 Å². The maximum Gasteiger partial charge on any atom is 0.247 e. The number of fused-ring (bicyclic) bond motifs is 1. The molecule has 6 nitrogen and oxygen atoms in total. The van der Waals surface area contributed by atoms with Gasteiger partial charge in [0.2, 0.25) is 11.8 Å². The number of carbonyl (C=O) groups is 2. The van der Waals surface area contributed by atoms with Gasteiger partial charge in [0, 0.05) is 34.9 Å². The highest BCUT2D eigenvalue weighted by molar-refractivity contribution is 7.15. The number of rotatable bonds is 6. The summed E-state index contributed by atoms with van der Waals surface area (Å²) in [7, 11) is 0. The number of hydrogen-bond acceptors (Lipinski definition) is 4. The van der Waals surface area contributed by atoms with E-state index in [0.717, 1.165) is 41.9 Å². The molecule has 1 aromatic carbocycles. The maximum atomic E-state index is 12.9. The summed E-state index contributed by atoms with van der Waals surface area (Å²) in [5, 5.41) is 7.95. The van der Waals surface area contributed by atoms with Crippen LogP contribution in [0.5, 0.6) is 0 Å². The Balaban J connectivity index is 1.40. The van der Waals surface area contributed by atoms with Crippen LogP contribution in [-0.2, 0) is 9.59 Å². The Hall–Kier alpha value is -2.67. The molecule has 2 aromatic heterocycles. The van der Waals surface area contributed by atoms with Crippen LogP contribution in [0, 0.1) is 11.8 Å². The molecule has 1 aliphatic carbocycles. The molecule has 1 fully saturated rings. The Morgan fingerprint density at radius 1 is 1.13 bits per heavy atom. The number of carbonyl (C=O) groups excluding carboxylic acids is 2. The van der Waals surface area contributed by atoms with Crippen LogP contribution in [0.1, 0.15) is 46.0 Å². The SMILES string of the molecule is CC(C)[C@@H](NC(=O)C1CCCCC1)C(=O)Nc1ccc(-c2cn3ccsc3n2)cc1. The largest absolute Gasteiger partial charge is 0.344 e. The molecule has 4 rings (SSSR count). The fourth-order valence-corrected chi connectivity index (χ4v) is 4.68. The molecule has 0 saturated heterocycles. The molecule has 2 N–H and O–H groups in total. The number of nitrogens with one attached hydrogen (secondary N) is 2. The minimum Gasteiger partial charge on any atom is -0.344 e. The average molecular weight is 425 g/mol. The van der Waals surface area contributed by atoms with Crippen molar-refractivity contribution < 1.29 is 9.59 Å². The van der Waals surface area contributed by atoms with Crippen molar-refractivity contribution >= 4 is 33.8 Å². The zero-order valence-electron chi connectivity index (χ0n) is 17.4. The lowest BCUT2D eigenvalue weighted by Gasteiger charge is -2.26. The monoisotopic (exact) mass is 424 g/mol. The van der Waals surface area contributed by atoms with Gasteiger partial charge in [-0.05, 0) is 30.9 Å². The molecule has 3 aromatic rings. The zero-order valence-corrected chi connectivity index (χ0v) is 18.2. The molecule has 2 heterocycles. The predicted molar refractivity (Wildman–Crippen MR) is 120 cm³/mol. The van der Waals surface area contributed by atoms with Crippen LogP contribution in [-0.4, -0.2) is 27.2 Å². The minimum atomic E-state index is -0.543. The number of nitrogens with zero attached hydrogens (tertiary/aromatic N) is 2. The Kier molecular flexibility index (Phi) is 6.18. The second-order valence-electron chi connectivity index (χ2n) is 8.35. The Bertz CT molecular complexity index is 987. The molecule has 30 heavy (non-hydrogen) atoms. The Morgan fingerprint density at radius 3 is 2.53 bits per heavy atom. The number of benzene rings is 1. The van der Waals surface area contributed by atoms with Gasteiger partial charge in [-0.1, -0.05) is 45.2 Å². The topological polar surface area (TPSA) is 75.5 Å². The standard InChI is InChI=1S/C23H28N4O2S/c1-15(2)20(26-21(28)17-6-4-3-5-7-17)22(29)24-18-10-8-16(9-11-18)19-14-27-12-13-30-23(27)25-19/h8-15,17,20H,3-7H2,1-2H3,(H,24,29)(H,26,28)/t20-/m1/s1. The van der Waals surface area contributed by atoms with Gasteiger partial charge in [-0.2, -0.15) is 0 Å². The van der Waals surface area contributed by atoms with Gasteiger partial charge in [0.05, 0.1) is 5.69 Å². The predicted octanol–water partition coefficient (Wildman–Crippen LogP) is 4.72. The van der Waals surface area contributed by atoms with E-state index >= 15 is 0 Å². The van der Waals surface area contributed by atoms with E-state index in [0.29, 0.717) is 5.69 Å². The van der Waals surface area contributed by atoms with Crippen molar-refractivity contribution in [2.75, 3.05) is 5.32 Å². The Morgan fingerprint density at radius 2 is 1.87 bits per heavy atom. The normalized spacial score (nSPS) is 16.0. The summed E-state index contributed by atoms with van der Waals surface area (Å²) in [6.07, 6.45) is 9.21. The van der Waals surface area contributed by atoms with E-state index in [2.05, 4.69) is 15.6 Å². The third kappa shape index (κ3) is 4.56. The van der Waals surface area contributed by atoms with Crippen molar-refractivity contribution in [2.24, 2.45) is 11.8 Å². The van der Waals surface area contributed by atoms with Crippen molar-refractivity contribution in [3.8, 4) is 11.3 Å². The van der Waals surface area contributed by atoms with Crippen LogP contribution in [0.15, 0.2) is 42.0 Å². The number of aromatic nitrogens is 2. The second-order valence-corrected chi connectivity index (χ2v) is 9.22. The molecule has 0 aliphatic heterocycles. The highest BCUT2D eigenvalue weighted by Gasteiger charge is 2.28. The van der Waals surface area contributed by atoms with Gasteiger partial charge < -0.3 is 10.6 Å². The van der Waals surface area contributed by atoms with E-state index in [1.54, 1.807) is 11.3 Å². The van der Waals surface area contributed by atoms with Gasteiger partial charge in [-0.3, -0.25) is 14.0 Å². The molecule has 0 radical (unpaired) electrons. The van der Waals surface area contributed by atoms with E-state index < -0.39 is 6.04 Å². The molecule has 7 heteroatoms. The summed E-state index contributed by atoms with van der Waals surface area (Å²) in [4.78, 5) is 31.1. The summed E-state index contributed by atoms with van der Waals surface area (Å²) in [5.41, 5.74) is 2.61. The molecule has 158 valence electrons. The molecular formula is C23H28N4O2S. The summed E-state index contributed by atoms with van der Waals surface area (Å²) in [6, 6.07) is 7.11. The average Bonchev–Trinajstić information content (AvgIpc) is 3.35. The minimum absolute atomic E-state index is 0.00953. The van der Waals surface area contributed by atoms with Crippen molar-refractivity contribution in [1.82, 2.24) is 14.7 Å². The molecular weight excluding hydrogens is 396 g/mol. The van der Waals surface area contributed by atoms with Crippen LogP contribution in [0.25, 0.3) is 16.2 Å². The fourth-order valence-electron chi connectivity index (χ4n) is 3.98. The summed E-state index contributed by atoms with van der Waals surface area (Å²) < 4.78 is 2.00. The van der Waals surface area contributed by atoms with Crippen LogP contribution < -0.4 is 10.6 Å². The van der Waals surface area contributed by atoms with Gasteiger partial charge in [0.1, 0.15) is 6.04 Å². The summed E-state index contributed by atoms with van der Waals surface area (Å²) >= 11 is 1.60. The van der Waals surface area contributed by atoms with Gasteiger partial charge in [0.25, 0.3) is 0 Å². The quantitative estimate of drug-likeness (QED) is 0.601. The highest BCUT2D eigenvalue weighted by atomic mass is 32.1. The number of imidazole rings is 1.